The van der Waals surface area contributed by atoms with Gasteiger partial charge < -0.3 is 9.47 Å². The minimum absolute atomic E-state index is 0.0736. The van der Waals surface area contributed by atoms with Gasteiger partial charge in [-0.1, -0.05) is 0 Å². The van der Waals surface area contributed by atoms with Crippen molar-refractivity contribution >= 4 is 28.6 Å². The van der Waals surface area contributed by atoms with Gasteiger partial charge in [-0.3, -0.25) is 4.68 Å². The fourth-order valence-electron chi connectivity index (χ4n) is 1.92. The van der Waals surface area contributed by atoms with Gasteiger partial charge in [-0.15, -0.1) is 0 Å². The second kappa shape index (κ2) is 6.15. The molecule has 0 aromatic carbocycles. The van der Waals surface area contributed by atoms with Gasteiger partial charge in [-0.05, 0) is 25.4 Å². The molecule has 0 aliphatic carbocycles. The Kier molecular flexibility index (Phi) is 4.51. The first-order chi connectivity index (χ1) is 9.58. The lowest BCUT2D eigenvalue weighted by molar-refractivity contribution is 0.0594. The highest BCUT2D eigenvalue weighted by Crippen LogP contribution is 2.21. The lowest BCUT2D eigenvalue weighted by Crippen LogP contribution is -2.09. The van der Waals surface area contributed by atoms with E-state index in [0.717, 1.165) is 0 Å². The number of hydrogen-bond donors (Lipinski definition) is 0. The van der Waals surface area contributed by atoms with Crippen molar-refractivity contribution in [1.29, 1.82) is 0 Å². The SMILES string of the molecule is CCOCCn1nc(C(=O)OC)c2nc(Cl)nc(C)c21. The molecular formula is C12H15ClN4O3. The van der Waals surface area contributed by atoms with Crippen molar-refractivity contribution in [3.8, 4) is 0 Å². The molecule has 0 N–H and O–H groups in total. The van der Waals surface area contributed by atoms with Crippen LogP contribution in [0, 0.1) is 6.92 Å². The van der Waals surface area contributed by atoms with Crippen LogP contribution in [0.5, 0.6) is 0 Å². The molecule has 2 aromatic rings. The number of carbonyl (C=O) groups is 1. The average Bonchev–Trinajstić information content (AvgIpc) is 2.77. The van der Waals surface area contributed by atoms with Crippen LogP contribution in [0.1, 0.15) is 23.1 Å². The zero-order chi connectivity index (χ0) is 14.7. The van der Waals surface area contributed by atoms with Crippen molar-refractivity contribution in [2.45, 2.75) is 20.4 Å². The van der Waals surface area contributed by atoms with E-state index in [1.807, 2.05) is 6.92 Å². The molecule has 0 bridgehead atoms. The molecule has 0 aliphatic rings. The summed E-state index contributed by atoms with van der Waals surface area (Å²) in [7, 11) is 1.29. The highest BCUT2D eigenvalue weighted by molar-refractivity contribution is 6.28. The zero-order valence-corrected chi connectivity index (χ0v) is 12.3. The fourth-order valence-corrected chi connectivity index (χ4v) is 2.13. The van der Waals surface area contributed by atoms with E-state index >= 15 is 0 Å². The zero-order valence-electron chi connectivity index (χ0n) is 11.5. The van der Waals surface area contributed by atoms with Gasteiger partial charge in [-0.2, -0.15) is 5.10 Å². The first-order valence-corrected chi connectivity index (χ1v) is 6.53. The minimum atomic E-state index is -0.556. The molecule has 0 unspecified atom stereocenters. The molecule has 0 radical (unpaired) electrons. The number of ether oxygens (including phenoxy) is 2. The Morgan fingerprint density at radius 3 is 2.80 bits per heavy atom. The number of fused-ring (bicyclic) bond motifs is 1. The Balaban J connectivity index is 2.54. The Hall–Kier alpha value is -1.73. The smallest absolute Gasteiger partial charge is 0.360 e. The number of halogens is 1. The number of nitrogens with zero attached hydrogens (tertiary/aromatic N) is 4. The Morgan fingerprint density at radius 1 is 1.40 bits per heavy atom. The molecule has 2 rings (SSSR count). The van der Waals surface area contributed by atoms with Crippen LogP contribution < -0.4 is 0 Å². The van der Waals surface area contributed by atoms with Gasteiger partial charge in [0.15, 0.2) is 5.69 Å². The molecule has 0 amide bonds. The molecule has 0 saturated heterocycles. The lowest BCUT2D eigenvalue weighted by atomic mass is 10.3. The monoisotopic (exact) mass is 298 g/mol. The Labute approximate surface area is 120 Å². The highest BCUT2D eigenvalue weighted by Gasteiger charge is 2.21. The Morgan fingerprint density at radius 2 is 2.15 bits per heavy atom. The minimum Gasteiger partial charge on any atom is -0.464 e. The molecule has 8 heteroatoms. The predicted octanol–water partition coefficient (Wildman–Crippen LogP) is 1.61. The summed E-state index contributed by atoms with van der Waals surface area (Å²) in [5, 5.41) is 4.31. The van der Waals surface area contributed by atoms with Crippen LogP contribution in [-0.4, -0.2) is 46.0 Å². The van der Waals surface area contributed by atoms with Gasteiger partial charge >= 0.3 is 5.97 Å². The van der Waals surface area contributed by atoms with Crippen LogP contribution in [0.2, 0.25) is 5.28 Å². The van der Waals surface area contributed by atoms with Gasteiger partial charge in [0, 0.05) is 6.61 Å². The van der Waals surface area contributed by atoms with E-state index in [2.05, 4.69) is 15.1 Å². The van der Waals surface area contributed by atoms with Crippen molar-refractivity contribution in [3.63, 3.8) is 0 Å². The van der Waals surface area contributed by atoms with E-state index in [4.69, 9.17) is 21.1 Å². The summed E-state index contributed by atoms with van der Waals surface area (Å²) < 4.78 is 11.7. The van der Waals surface area contributed by atoms with Crippen molar-refractivity contribution < 1.29 is 14.3 Å². The van der Waals surface area contributed by atoms with Gasteiger partial charge in [0.25, 0.3) is 0 Å². The van der Waals surface area contributed by atoms with Gasteiger partial charge in [0.05, 0.1) is 26.0 Å². The largest absolute Gasteiger partial charge is 0.464 e. The molecule has 0 saturated carbocycles. The predicted molar refractivity (Wildman–Crippen MR) is 72.9 cm³/mol. The second-order valence-corrected chi connectivity index (χ2v) is 4.37. The molecule has 7 nitrogen and oxygen atoms in total. The topological polar surface area (TPSA) is 79.1 Å². The summed E-state index contributed by atoms with van der Waals surface area (Å²) in [5.41, 5.74) is 1.84. The molecule has 0 spiro atoms. The number of hydrogen-bond acceptors (Lipinski definition) is 6. The normalized spacial score (nSPS) is 11.0. The van der Waals surface area contributed by atoms with Gasteiger partial charge in [0.2, 0.25) is 5.28 Å². The summed E-state index contributed by atoms with van der Waals surface area (Å²) in [6.45, 7) is 5.29. The molecule has 20 heavy (non-hydrogen) atoms. The van der Waals surface area contributed by atoms with E-state index in [-0.39, 0.29) is 11.0 Å². The summed E-state index contributed by atoms with van der Waals surface area (Å²) in [6, 6.07) is 0. The molecule has 0 atom stereocenters. The average molecular weight is 299 g/mol. The third-order valence-corrected chi connectivity index (χ3v) is 2.93. The lowest BCUT2D eigenvalue weighted by Gasteiger charge is -2.04. The summed E-state index contributed by atoms with van der Waals surface area (Å²) in [4.78, 5) is 19.9. The van der Waals surface area contributed by atoms with Crippen LogP contribution in [0.3, 0.4) is 0 Å². The molecular weight excluding hydrogens is 284 g/mol. The van der Waals surface area contributed by atoms with Crippen LogP contribution >= 0.6 is 11.6 Å². The quantitative estimate of drug-likeness (QED) is 0.474. The van der Waals surface area contributed by atoms with E-state index in [9.17, 15) is 4.79 Å². The van der Waals surface area contributed by atoms with Gasteiger partial charge in [-0.25, -0.2) is 14.8 Å². The molecule has 2 heterocycles. The number of esters is 1. The number of aromatic nitrogens is 4. The maximum absolute atomic E-state index is 11.8. The summed E-state index contributed by atoms with van der Waals surface area (Å²) >= 11 is 5.84. The van der Waals surface area contributed by atoms with Crippen LogP contribution in [0.25, 0.3) is 11.0 Å². The highest BCUT2D eigenvalue weighted by atomic mass is 35.5. The van der Waals surface area contributed by atoms with E-state index in [1.165, 1.54) is 7.11 Å². The van der Waals surface area contributed by atoms with Crippen molar-refractivity contribution in [3.05, 3.63) is 16.7 Å². The van der Waals surface area contributed by atoms with E-state index in [1.54, 1.807) is 11.6 Å². The Bertz CT molecular complexity index is 641. The number of methoxy groups -OCH3 is 1. The van der Waals surface area contributed by atoms with Crippen molar-refractivity contribution in [2.75, 3.05) is 20.3 Å². The number of carbonyl (C=O) groups excluding carboxylic acids is 1. The number of aryl methyl sites for hydroxylation is 1. The standard InChI is InChI=1S/C12H15ClN4O3/c1-4-20-6-5-17-10-7(2)14-12(13)15-8(10)9(16-17)11(18)19-3/h4-6H2,1-3H3. The van der Waals surface area contributed by atoms with Crippen molar-refractivity contribution in [2.24, 2.45) is 0 Å². The van der Waals surface area contributed by atoms with Gasteiger partial charge in [0.1, 0.15) is 11.0 Å². The van der Waals surface area contributed by atoms with Crippen LogP contribution in [0.15, 0.2) is 0 Å². The third kappa shape index (κ3) is 2.73. The van der Waals surface area contributed by atoms with Crippen LogP contribution in [0.4, 0.5) is 0 Å². The van der Waals surface area contributed by atoms with E-state index in [0.29, 0.717) is 36.5 Å². The van der Waals surface area contributed by atoms with Crippen molar-refractivity contribution in [1.82, 2.24) is 19.7 Å². The molecule has 0 aliphatic heterocycles. The molecule has 0 fully saturated rings. The first-order valence-electron chi connectivity index (χ1n) is 6.15. The number of rotatable bonds is 5. The second-order valence-electron chi connectivity index (χ2n) is 4.04. The third-order valence-electron chi connectivity index (χ3n) is 2.76. The van der Waals surface area contributed by atoms with Crippen LogP contribution in [-0.2, 0) is 16.0 Å². The van der Waals surface area contributed by atoms with E-state index < -0.39 is 5.97 Å². The first kappa shape index (κ1) is 14.7. The summed E-state index contributed by atoms with van der Waals surface area (Å²) in [5.74, 6) is -0.556. The maximum Gasteiger partial charge on any atom is 0.360 e. The molecule has 108 valence electrons. The maximum atomic E-state index is 11.8. The molecule has 2 aromatic heterocycles. The fraction of sp³-hybridized carbons (Fsp3) is 0.500. The summed E-state index contributed by atoms with van der Waals surface area (Å²) in [6.07, 6.45) is 0.